The molecule has 0 bridgehead atoms. The summed E-state index contributed by atoms with van der Waals surface area (Å²) in [5.74, 6) is 1.37. The molecule has 1 saturated carbocycles. The molecule has 2 N–H and O–H groups in total. The first-order valence-electron chi connectivity index (χ1n) is 14.3. The minimum absolute atomic E-state index is 0.0706. The molecule has 1 aromatic carbocycles. The van der Waals surface area contributed by atoms with Gasteiger partial charge in [-0.05, 0) is 71.4 Å². The summed E-state index contributed by atoms with van der Waals surface area (Å²) in [7, 11) is 0. The van der Waals surface area contributed by atoms with Crippen LogP contribution in [0.5, 0.6) is 0 Å². The number of nitrogens with zero attached hydrogens (tertiary/aromatic N) is 5. The molecule has 3 aromatic rings. The molecule has 10 nitrogen and oxygen atoms in total. The number of benzene rings is 1. The highest BCUT2D eigenvalue weighted by molar-refractivity contribution is 5.78. The predicted molar refractivity (Wildman–Crippen MR) is 153 cm³/mol. The van der Waals surface area contributed by atoms with E-state index in [4.69, 9.17) is 19.4 Å². The number of alkyl halides is 2. The number of amides is 1. The molecule has 1 saturated heterocycles. The highest BCUT2D eigenvalue weighted by Crippen LogP contribution is 2.30. The molecule has 0 unspecified atom stereocenters. The Morgan fingerprint density at radius 1 is 1.12 bits per heavy atom. The molecule has 222 valence electrons. The van der Waals surface area contributed by atoms with Gasteiger partial charge in [0.2, 0.25) is 5.95 Å². The Kier molecular flexibility index (Phi) is 8.58. The van der Waals surface area contributed by atoms with E-state index < -0.39 is 12.0 Å². The average Bonchev–Trinajstić information content (AvgIpc) is 3.32. The number of halogens is 2. The zero-order valence-electron chi connectivity index (χ0n) is 24.1. The Bertz CT molecular complexity index is 1350. The van der Waals surface area contributed by atoms with Crippen LogP contribution in [0.15, 0.2) is 30.3 Å². The Balaban J connectivity index is 1.35. The van der Waals surface area contributed by atoms with Gasteiger partial charge in [0.1, 0.15) is 17.2 Å². The summed E-state index contributed by atoms with van der Waals surface area (Å²) in [5, 5.41) is 6.36. The van der Waals surface area contributed by atoms with Crippen LogP contribution < -0.4 is 15.5 Å². The van der Waals surface area contributed by atoms with Crippen molar-refractivity contribution < 1.29 is 23.0 Å². The van der Waals surface area contributed by atoms with Gasteiger partial charge in [-0.1, -0.05) is 12.1 Å². The molecule has 2 aliphatic rings. The summed E-state index contributed by atoms with van der Waals surface area (Å²) in [4.78, 5) is 28.0. The van der Waals surface area contributed by atoms with Gasteiger partial charge in [0.15, 0.2) is 5.82 Å². The van der Waals surface area contributed by atoms with E-state index in [1.807, 2.05) is 20.8 Å². The predicted octanol–water partition coefficient (Wildman–Crippen LogP) is 5.47. The number of aromatic nitrogens is 4. The van der Waals surface area contributed by atoms with Gasteiger partial charge in [-0.3, -0.25) is 4.57 Å². The topological polar surface area (TPSA) is 106 Å². The van der Waals surface area contributed by atoms with Crippen molar-refractivity contribution in [1.82, 2.24) is 24.8 Å². The lowest BCUT2D eigenvalue weighted by atomic mass is 9.86. The first-order valence-corrected chi connectivity index (χ1v) is 14.3. The SMILES string of the molecule is C[C@H]1COCCN1c1cc(-n2c(C(F)F)nc3ccccc32)nc(NCC2CCC(NC(=O)OC(C)(C)C)CC2)n1. The van der Waals surface area contributed by atoms with E-state index in [1.54, 1.807) is 30.3 Å². The molecule has 1 amide bonds. The second-order valence-corrected chi connectivity index (χ2v) is 11.9. The van der Waals surface area contributed by atoms with Crippen LogP contribution in [0.3, 0.4) is 0 Å². The number of anilines is 2. The molecule has 41 heavy (non-hydrogen) atoms. The van der Waals surface area contributed by atoms with Crippen molar-refractivity contribution in [2.24, 2.45) is 5.92 Å². The fourth-order valence-electron chi connectivity index (χ4n) is 5.48. The number of morpholine rings is 1. The summed E-state index contributed by atoms with van der Waals surface area (Å²) in [5.41, 5.74) is 0.509. The number of fused-ring (bicyclic) bond motifs is 1. The van der Waals surface area contributed by atoms with Crippen LogP contribution in [0, 0.1) is 5.92 Å². The van der Waals surface area contributed by atoms with Gasteiger partial charge in [0.05, 0.1) is 30.3 Å². The van der Waals surface area contributed by atoms with Crippen molar-refractivity contribution in [2.45, 2.75) is 77.5 Å². The summed E-state index contributed by atoms with van der Waals surface area (Å²) in [6.07, 6.45) is 0.377. The lowest BCUT2D eigenvalue weighted by Gasteiger charge is -2.34. The Morgan fingerprint density at radius 2 is 1.85 bits per heavy atom. The lowest BCUT2D eigenvalue weighted by molar-refractivity contribution is 0.0488. The van der Waals surface area contributed by atoms with Crippen LogP contribution in [-0.2, 0) is 9.47 Å². The van der Waals surface area contributed by atoms with Crippen LogP contribution in [-0.4, -0.2) is 69.6 Å². The number of ether oxygens (including phenoxy) is 2. The van der Waals surface area contributed by atoms with Crippen molar-refractivity contribution in [3.63, 3.8) is 0 Å². The smallest absolute Gasteiger partial charge is 0.407 e. The molecule has 2 aromatic heterocycles. The van der Waals surface area contributed by atoms with E-state index in [0.717, 1.165) is 25.7 Å². The zero-order chi connectivity index (χ0) is 29.1. The monoisotopic (exact) mass is 571 g/mol. The van der Waals surface area contributed by atoms with Gasteiger partial charge in [-0.15, -0.1) is 0 Å². The van der Waals surface area contributed by atoms with Crippen LogP contribution >= 0.6 is 0 Å². The van der Waals surface area contributed by atoms with Gasteiger partial charge in [0, 0.05) is 25.2 Å². The summed E-state index contributed by atoms with van der Waals surface area (Å²) < 4.78 is 40.7. The Hall–Kier alpha value is -3.54. The minimum atomic E-state index is -2.77. The second kappa shape index (κ2) is 12.1. The van der Waals surface area contributed by atoms with E-state index >= 15 is 0 Å². The minimum Gasteiger partial charge on any atom is -0.444 e. The van der Waals surface area contributed by atoms with Crippen molar-refractivity contribution in [3.05, 3.63) is 36.2 Å². The van der Waals surface area contributed by atoms with Gasteiger partial charge < -0.3 is 25.0 Å². The Morgan fingerprint density at radius 3 is 2.56 bits per heavy atom. The first-order chi connectivity index (χ1) is 19.6. The van der Waals surface area contributed by atoms with Crippen molar-refractivity contribution in [2.75, 3.05) is 36.5 Å². The number of carbonyl (C=O) groups excluding carboxylic acids is 1. The quantitative estimate of drug-likeness (QED) is 0.384. The second-order valence-electron chi connectivity index (χ2n) is 11.9. The fourth-order valence-corrected chi connectivity index (χ4v) is 5.48. The van der Waals surface area contributed by atoms with Crippen molar-refractivity contribution >= 4 is 28.9 Å². The van der Waals surface area contributed by atoms with E-state index in [-0.39, 0.29) is 24.0 Å². The molecule has 1 aliphatic heterocycles. The number of imidazole rings is 1. The third kappa shape index (κ3) is 7.03. The lowest BCUT2D eigenvalue weighted by Crippen LogP contribution is -2.44. The molecule has 3 heterocycles. The molecular weight excluding hydrogens is 532 g/mol. The maximum atomic E-state index is 14.1. The Labute approximate surface area is 238 Å². The number of alkyl carbamates (subject to hydrolysis) is 1. The van der Waals surface area contributed by atoms with Gasteiger partial charge in [-0.2, -0.15) is 9.97 Å². The molecule has 2 fully saturated rings. The molecule has 0 radical (unpaired) electrons. The van der Waals surface area contributed by atoms with Crippen molar-refractivity contribution in [3.8, 4) is 5.82 Å². The third-order valence-electron chi connectivity index (χ3n) is 7.49. The molecular formula is C29H39F2N7O3. The highest BCUT2D eigenvalue weighted by atomic mass is 19.3. The molecule has 1 atom stereocenters. The summed E-state index contributed by atoms with van der Waals surface area (Å²) in [6, 6.07) is 8.97. The summed E-state index contributed by atoms with van der Waals surface area (Å²) >= 11 is 0. The maximum Gasteiger partial charge on any atom is 0.407 e. The van der Waals surface area contributed by atoms with Gasteiger partial charge in [0.25, 0.3) is 6.43 Å². The number of hydrogen-bond donors (Lipinski definition) is 2. The normalized spacial score (nSPS) is 21.7. The van der Waals surface area contributed by atoms with E-state index in [0.29, 0.717) is 60.8 Å². The fraction of sp³-hybridized carbons (Fsp3) is 0.586. The molecule has 0 spiro atoms. The first kappa shape index (κ1) is 29.0. The van der Waals surface area contributed by atoms with Crippen LogP contribution in [0.1, 0.15) is 65.6 Å². The summed E-state index contributed by atoms with van der Waals surface area (Å²) in [6.45, 7) is 9.98. The number of hydrogen-bond acceptors (Lipinski definition) is 8. The number of carbonyl (C=O) groups is 1. The van der Waals surface area contributed by atoms with Gasteiger partial charge >= 0.3 is 6.09 Å². The standard InChI is InChI=1S/C29H39F2N7O3/c1-18-17-40-14-13-37(18)23-15-24(38-22-8-6-5-7-21(22)34-26(38)25(30)31)36-27(35-23)32-16-19-9-11-20(12-10-19)33-28(39)41-29(2,3)4/h5-8,15,18-20,25H,9-14,16-17H2,1-4H3,(H,33,39)(H,32,35,36)/t18-,19?,20?/m0/s1. The zero-order valence-corrected chi connectivity index (χ0v) is 24.1. The molecule has 5 rings (SSSR count). The van der Waals surface area contributed by atoms with E-state index in [1.165, 1.54) is 4.57 Å². The van der Waals surface area contributed by atoms with Gasteiger partial charge in [-0.25, -0.2) is 18.6 Å². The molecule has 12 heteroatoms. The van der Waals surface area contributed by atoms with Crippen LogP contribution in [0.2, 0.25) is 0 Å². The van der Waals surface area contributed by atoms with Crippen LogP contribution in [0.25, 0.3) is 16.9 Å². The van der Waals surface area contributed by atoms with Crippen LogP contribution in [0.4, 0.5) is 25.3 Å². The maximum absolute atomic E-state index is 14.1. The number of para-hydroxylation sites is 2. The van der Waals surface area contributed by atoms with E-state index in [2.05, 4.69) is 27.4 Å². The molecule has 1 aliphatic carbocycles. The van der Waals surface area contributed by atoms with E-state index in [9.17, 15) is 13.6 Å². The largest absolute Gasteiger partial charge is 0.444 e. The average molecular weight is 572 g/mol. The number of rotatable bonds is 7. The number of nitrogens with one attached hydrogen (secondary N) is 2. The van der Waals surface area contributed by atoms with Crippen molar-refractivity contribution in [1.29, 1.82) is 0 Å². The third-order valence-corrected chi connectivity index (χ3v) is 7.49. The highest BCUT2D eigenvalue weighted by Gasteiger charge is 2.27.